The summed E-state index contributed by atoms with van der Waals surface area (Å²) in [5.41, 5.74) is 0. The third-order valence-corrected chi connectivity index (χ3v) is 5.67. The van der Waals surface area contributed by atoms with Gasteiger partial charge in [0.05, 0.1) is 5.92 Å². The number of carbonyl (C=O) groups is 1. The van der Waals surface area contributed by atoms with Crippen LogP contribution < -0.4 is 0 Å². The molecule has 2 nitrogen and oxygen atoms in total. The smallest absolute Gasteiger partial charge is 0.309 e. The van der Waals surface area contributed by atoms with Crippen molar-refractivity contribution in [3.05, 3.63) is 0 Å². The molecule has 6 atom stereocenters. The molecule has 3 fully saturated rings. The van der Waals surface area contributed by atoms with Gasteiger partial charge in [0.1, 0.15) is 6.10 Å². The zero-order valence-corrected chi connectivity index (χ0v) is 11.0. The summed E-state index contributed by atoms with van der Waals surface area (Å²) < 4.78 is 5.48. The van der Waals surface area contributed by atoms with Crippen LogP contribution in [-0.4, -0.2) is 12.1 Å². The molecule has 0 aromatic heterocycles. The number of hydrogen-bond acceptors (Lipinski definition) is 2. The van der Waals surface area contributed by atoms with Crippen LogP contribution in [0.3, 0.4) is 0 Å². The fraction of sp³-hybridized carbons (Fsp3) is 0.933. The number of cyclic esters (lactones) is 1. The van der Waals surface area contributed by atoms with E-state index >= 15 is 0 Å². The first-order valence-electron chi connectivity index (χ1n) is 7.39. The minimum atomic E-state index is 0.0945. The molecule has 1 saturated heterocycles. The monoisotopic (exact) mass is 236 g/mol. The summed E-state index contributed by atoms with van der Waals surface area (Å²) in [5.74, 6) is 3.15. The van der Waals surface area contributed by atoms with Crippen molar-refractivity contribution in [2.45, 2.75) is 58.5 Å². The summed E-state index contributed by atoms with van der Waals surface area (Å²) in [5, 5.41) is 0. The van der Waals surface area contributed by atoms with E-state index in [9.17, 15) is 4.79 Å². The Balaban J connectivity index is 1.85. The molecule has 1 aliphatic heterocycles. The highest BCUT2D eigenvalue weighted by Crippen LogP contribution is 2.51. The number of rotatable bonds is 0. The molecule has 2 heteroatoms. The van der Waals surface area contributed by atoms with Crippen molar-refractivity contribution in [2.24, 2.45) is 29.6 Å². The lowest BCUT2D eigenvalue weighted by atomic mass is 9.60. The molecule has 1 heterocycles. The molecular weight excluding hydrogens is 212 g/mol. The van der Waals surface area contributed by atoms with Gasteiger partial charge in [-0.25, -0.2) is 0 Å². The van der Waals surface area contributed by atoms with Gasteiger partial charge in [-0.1, -0.05) is 32.6 Å². The number of esters is 1. The van der Waals surface area contributed by atoms with Gasteiger partial charge >= 0.3 is 5.97 Å². The van der Waals surface area contributed by atoms with Crippen molar-refractivity contribution in [2.75, 3.05) is 0 Å². The third-order valence-electron chi connectivity index (χ3n) is 5.67. The Morgan fingerprint density at radius 2 is 1.88 bits per heavy atom. The van der Waals surface area contributed by atoms with E-state index in [4.69, 9.17) is 4.74 Å². The lowest BCUT2D eigenvalue weighted by Crippen LogP contribution is -2.40. The van der Waals surface area contributed by atoms with Crippen LogP contribution in [0.15, 0.2) is 0 Å². The first kappa shape index (κ1) is 11.6. The maximum atomic E-state index is 11.9. The van der Waals surface area contributed by atoms with Crippen LogP contribution >= 0.6 is 0 Å². The van der Waals surface area contributed by atoms with Gasteiger partial charge in [-0.15, -0.1) is 0 Å². The lowest BCUT2D eigenvalue weighted by Gasteiger charge is -2.42. The van der Waals surface area contributed by atoms with Gasteiger partial charge in [0.25, 0.3) is 0 Å². The Hall–Kier alpha value is -0.530. The lowest BCUT2D eigenvalue weighted by molar-refractivity contribution is -0.144. The largest absolute Gasteiger partial charge is 0.462 e. The molecule has 96 valence electrons. The highest BCUT2D eigenvalue weighted by Gasteiger charge is 2.52. The van der Waals surface area contributed by atoms with E-state index < -0.39 is 0 Å². The normalized spacial score (nSPS) is 50.1. The maximum Gasteiger partial charge on any atom is 0.309 e. The first-order chi connectivity index (χ1) is 8.18. The van der Waals surface area contributed by atoms with E-state index in [2.05, 4.69) is 13.8 Å². The molecule has 0 radical (unpaired) electrons. The highest BCUT2D eigenvalue weighted by molar-refractivity contribution is 5.75. The third kappa shape index (κ3) is 1.80. The van der Waals surface area contributed by atoms with Crippen LogP contribution in [0.4, 0.5) is 0 Å². The Labute approximate surface area is 104 Å². The summed E-state index contributed by atoms with van der Waals surface area (Å²) in [6.45, 7) is 4.47. The molecule has 2 aliphatic carbocycles. The standard InChI is InChI=1S/C15H24O2/c1-9-12-7-5-3-4-6-11(12)8-13-14(9)10(2)17-15(13)16/h9-14H,3-8H2,1-2H3/t9-,10+,11-,12-,13+,14?/m0/s1. The fourth-order valence-electron chi connectivity index (χ4n) is 4.89. The molecule has 1 unspecified atom stereocenters. The minimum Gasteiger partial charge on any atom is -0.462 e. The second-order valence-corrected chi connectivity index (χ2v) is 6.48. The molecule has 0 N–H and O–H groups in total. The van der Waals surface area contributed by atoms with Crippen LogP contribution in [0.2, 0.25) is 0 Å². The highest BCUT2D eigenvalue weighted by atomic mass is 16.6. The van der Waals surface area contributed by atoms with Crippen LogP contribution in [0.1, 0.15) is 52.4 Å². The average molecular weight is 236 g/mol. The summed E-state index contributed by atoms with van der Waals surface area (Å²) in [7, 11) is 0. The van der Waals surface area contributed by atoms with Gasteiger partial charge in [0, 0.05) is 5.92 Å². The van der Waals surface area contributed by atoms with Crippen molar-refractivity contribution in [3.63, 3.8) is 0 Å². The van der Waals surface area contributed by atoms with Crippen molar-refractivity contribution in [3.8, 4) is 0 Å². The van der Waals surface area contributed by atoms with Crippen molar-refractivity contribution >= 4 is 5.97 Å². The van der Waals surface area contributed by atoms with Gasteiger partial charge in [0.15, 0.2) is 0 Å². The van der Waals surface area contributed by atoms with E-state index in [0.29, 0.717) is 11.8 Å². The first-order valence-corrected chi connectivity index (χ1v) is 7.39. The van der Waals surface area contributed by atoms with Crippen molar-refractivity contribution < 1.29 is 9.53 Å². The van der Waals surface area contributed by atoms with Crippen LogP contribution in [-0.2, 0) is 9.53 Å². The summed E-state index contributed by atoms with van der Waals surface area (Å²) >= 11 is 0. The molecule has 3 rings (SSSR count). The minimum absolute atomic E-state index is 0.0945. The Bertz CT molecular complexity index is 312. The molecule has 3 aliphatic rings. The quantitative estimate of drug-likeness (QED) is 0.603. The van der Waals surface area contributed by atoms with Gasteiger partial charge in [0.2, 0.25) is 0 Å². The van der Waals surface area contributed by atoms with Gasteiger partial charge in [-0.3, -0.25) is 4.79 Å². The zero-order chi connectivity index (χ0) is 12.0. The number of fused-ring (bicyclic) bond motifs is 2. The van der Waals surface area contributed by atoms with Gasteiger partial charge in [-0.05, 0) is 37.5 Å². The molecular formula is C15H24O2. The summed E-state index contributed by atoms with van der Waals surface area (Å²) in [6, 6.07) is 0. The molecule has 0 amide bonds. The van der Waals surface area contributed by atoms with E-state index in [-0.39, 0.29) is 18.0 Å². The number of ether oxygens (including phenoxy) is 1. The van der Waals surface area contributed by atoms with Crippen LogP contribution in [0.5, 0.6) is 0 Å². The average Bonchev–Trinajstić information content (AvgIpc) is 2.51. The number of hydrogen-bond donors (Lipinski definition) is 0. The van der Waals surface area contributed by atoms with E-state index in [0.717, 1.165) is 18.3 Å². The molecule has 0 aromatic rings. The van der Waals surface area contributed by atoms with Gasteiger partial charge in [-0.2, -0.15) is 0 Å². The topological polar surface area (TPSA) is 26.3 Å². The molecule has 0 aromatic carbocycles. The predicted molar refractivity (Wildman–Crippen MR) is 66.4 cm³/mol. The van der Waals surface area contributed by atoms with Crippen LogP contribution in [0, 0.1) is 29.6 Å². The second-order valence-electron chi connectivity index (χ2n) is 6.48. The molecule has 0 bridgehead atoms. The number of carbonyl (C=O) groups excluding carboxylic acids is 1. The van der Waals surface area contributed by atoms with E-state index in [1.807, 2.05) is 0 Å². The van der Waals surface area contributed by atoms with Crippen molar-refractivity contribution in [1.29, 1.82) is 0 Å². The molecule has 0 spiro atoms. The van der Waals surface area contributed by atoms with Gasteiger partial charge < -0.3 is 4.74 Å². The Kier molecular flexibility index (Phi) is 2.92. The predicted octanol–water partition coefficient (Wildman–Crippen LogP) is 3.40. The van der Waals surface area contributed by atoms with E-state index in [1.165, 1.54) is 32.1 Å². The Morgan fingerprint density at radius 3 is 2.71 bits per heavy atom. The fourth-order valence-corrected chi connectivity index (χ4v) is 4.89. The maximum absolute atomic E-state index is 11.9. The van der Waals surface area contributed by atoms with E-state index in [1.54, 1.807) is 0 Å². The zero-order valence-electron chi connectivity index (χ0n) is 11.0. The Morgan fingerprint density at radius 1 is 1.12 bits per heavy atom. The van der Waals surface area contributed by atoms with Crippen LogP contribution in [0.25, 0.3) is 0 Å². The SMILES string of the molecule is C[C@@H]1C2[C@@H](C)OC(=O)[C@@H]2C[C@@H]2CCCCC[C@H]21. The summed E-state index contributed by atoms with van der Waals surface area (Å²) in [6.07, 6.45) is 8.17. The van der Waals surface area contributed by atoms with Crippen molar-refractivity contribution in [1.82, 2.24) is 0 Å². The summed E-state index contributed by atoms with van der Waals surface area (Å²) in [4.78, 5) is 11.9. The molecule has 2 saturated carbocycles. The molecule has 17 heavy (non-hydrogen) atoms. The second kappa shape index (κ2) is 4.29.